The maximum atomic E-state index is 13.2. The molecule has 0 aliphatic carbocycles. The van der Waals surface area contributed by atoms with Crippen LogP contribution in [0.3, 0.4) is 0 Å². The zero-order valence-electron chi connectivity index (χ0n) is 16.1. The molecule has 5 heteroatoms. The Hall–Kier alpha value is -3.24. The standard InChI is InChI=1S/C24H19ClO4/c1-15-23(18-8-4-6-10-21(18)27-2)24(26)19-12-11-17(13-22(19)29-15)28-14-16-7-3-5-9-20(16)25/h3-13H,14H2,1-2H3. The number of aryl methyl sites for hydroxylation is 1. The van der Waals surface area contributed by atoms with E-state index in [0.29, 0.717) is 51.0 Å². The van der Waals surface area contributed by atoms with Crippen LogP contribution in [0.25, 0.3) is 22.1 Å². The van der Waals surface area contributed by atoms with E-state index in [4.69, 9.17) is 25.5 Å². The molecule has 0 N–H and O–H groups in total. The molecular weight excluding hydrogens is 388 g/mol. The van der Waals surface area contributed by atoms with Gasteiger partial charge < -0.3 is 13.9 Å². The van der Waals surface area contributed by atoms with Gasteiger partial charge in [-0.05, 0) is 31.2 Å². The molecule has 3 aromatic carbocycles. The van der Waals surface area contributed by atoms with Crippen molar-refractivity contribution in [3.8, 4) is 22.6 Å². The van der Waals surface area contributed by atoms with Crippen molar-refractivity contribution in [3.63, 3.8) is 0 Å². The molecule has 0 bridgehead atoms. The summed E-state index contributed by atoms with van der Waals surface area (Å²) in [4.78, 5) is 13.2. The van der Waals surface area contributed by atoms with Crippen molar-refractivity contribution in [2.24, 2.45) is 0 Å². The Kier molecular flexibility index (Phi) is 5.28. The Labute approximate surface area is 173 Å². The van der Waals surface area contributed by atoms with E-state index in [1.54, 1.807) is 32.2 Å². The lowest BCUT2D eigenvalue weighted by molar-refractivity contribution is 0.306. The summed E-state index contributed by atoms with van der Waals surface area (Å²) in [5.74, 6) is 1.75. The molecule has 0 unspecified atom stereocenters. The average molecular weight is 407 g/mol. The fourth-order valence-corrected chi connectivity index (χ4v) is 3.50. The van der Waals surface area contributed by atoms with Crippen molar-refractivity contribution in [2.75, 3.05) is 7.11 Å². The molecule has 29 heavy (non-hydrogen) atoms. The van der Waals surface area contributed by atoms with Crippen LogP contribution in [0, 0.1) is 6.92 Å². The van der Waals surface area contributed by atoms with Gasteiger partial charge in [0.1, 0.15) is 29.4 Å². The molecule has 4 aromatic rings. The van der Waals surface area contributed by atoms with E-state index in [9.17, 15) is 4.79 Å². The minimum absolute atomic E-state index is 0.106. The van der Waals surface area contributed by atoms with Crippen molar-refractivity contribution in [3.05, 3.63) is 93.3 Å². The van der Waals surface area contributed by atoms with Crippen molar-refractivity contribution in [1.82, 2.24) is 0 Å². The number of benzene rings is 3. The molecule has 0 saturated carbocycles. The van der Waals surface area contributed by atoms with E-state index < -0.39 is 0 Å². The second-order valence-corrected chi connectivity index (χ2v) is 7.01. The highest BCUT2D eigenvalue weighted by Crippen LogP contribution is 2.32. The fourth-order valence-electron chi connectivity index (χ4n) is 3.31. The normalized spacial score (nSPS) is 10.9. The Bertz CT molecular complexity index is 1240. The third-order valence-corrected chi connectivity index (χ3v) is 5.14. The molecule has 1 aromatic heterocycles. The van der Waals surface area contributed by atoms with E-state index >= 15 is 0 Å². The van der Waals surface area contributed by atoms with Crippen LogP contribution in [0.4, 0.5) is 0 Å². The minimum Gasteiger partial charge on any atom is -0.496 e. The second kappa shape index (κ2) is 8.02. The average Bonchev–Trinajstić information content (AvgIpc) is 2.73. The Morgan fingerprint density at radius 2 is 1.76 bits per heavy atom. The first-order valence-corrected chi connectivity index (χ1v) is 9.53. The van der Waals surface area contributed by atoms with E-state index in [1.165, 1.54) is 0 Å². The van der Waals surface area contributed by atoms with Crippen LogP contribution in [-0.4, -0.2) is 7.11 Å². The molecule has 0 saturated heterocycles. The lowest BCUT2D eigenvalue weighted by Crippen LogP contribution is -2.08. The van der Waals surface area contributed by atoms with Gasteiger partial charge in [0.25, 0.3) is 0 Å². The largest absolute Gasteiger partial charge is 0.496 e. The van der Waals surface area contributed by atoms with E-state index in [2.05, 4.69) is 0 Å². The van der Waals surface area contributed by atoms with Gasteiger partial charge in [0.2, 0.25) is 5.43 Å². The number of fused-ring (bicyclic) bond motifs is 1. The van der Waals surface area contributed by atoms with Gasteiger partial charge in [-0.3, -0.25) is 4.79 Å². The molecule has 0 fully saturated rings. The predicted molar refractivity (Wildman–Crippen MR) is 115 cm³/mol. The summed E-state index contributed by atoms with van der Waals surface area (Å²) >= 11 is 6.18. The SMILES string of the molecule is COc1ccccc1-c1c(C)oc2cc(OCc3ccccc3Cl)ccc2c1=O. The monoisotopic (exact) mass is 406 g/mol. The third kappa shape index (κ3) is 3.71. The number of para-hydroxylation sites is 1. The zero-order chi connectivity index (χ0) is 20.4. The van der Waals surface area contributed by atoms with Crippen LogP contribution in [0.2, 0.25) is 5.02 Å². The first-order valence-electron chi connectivity index (χ1n) is 9.15. The van der Waals surface area contributed by atoms with Crippen molar-refractivity contribution in [1.29, 1.82) is 0 Å². The van der Waals surface area contributed by atoms with Gasteiger partial charge in [-0.15, -0.1) is 0 Å². The van der Waals surface area contributed by atoms with Gasteiger partial charge in [-0.1, -0.05) is 48.0 Å². The molecule has 0 aliphatic heterocycles. The fraction of sp³-hybridized carbons (Fsp3) is 0.125. The number of hydrogen-bond acceptors (Lipinski definition) is 4. The van der Waals surface area contributed by atoms with Gasteiger partial charge >= 0.3 is 0 Å². The summed E-state index contributed by atoms with van der Waals surface area (Å²) in [6.45, 7) is 2.10. The van der Waals surface area contributed by atoms with Gasteiger partial charge in [0.05, 0.1) is 18.1 Å². The molecule has 1 heterocycles. The second-order valence-electron chi connectivity index (χ2n) is 6.60. The smallest absolute Gasteiger partial charge is 0.200 e. The maximum Gasteiger partial charge on any atom is 0.200 e. The highest BCUT2D eigenvalue weighted by molar-refractivity contribution is 6.31. The molecule has 146 valence electrons. The molecule has 0 amide bonds. The quantitative estimate of drug-likeness (QED) is 0.407. The number of hydrogen-bond donors (Lipinski definition) is 0. The summed E-state index contributed by atoms with van der Waals surface area (Å²) in [5, 5.41) is 1.14. The molecule has 0 atom stereocenters. The van der Waals surface area contributed by atoms with E-state index in [-0.39, 0.29) is 5.43 Å². The number of halogens is 1. The number of ether oxygens (including phenoxy) is 2. The summed E-state index contributed by atoms with van der Waals surface area (Å²) < 4.78 is 17.2. The lowest BCUT2D eigenvalue weighted by Gasteiger charge is -2.12. The maximum absolute atomic E-state index is 13.2. The molecular formula is C24H19ClO4. The minimum atomic E-state index is -0.106. The molecule has 4 nitrogen and oxygen atoms in total. The first kappa shape index (κ1) is 19.1. The molecule has 0 aliphatic rings. The van der Waals surface area contributed by atoms with Crippen molar-refractivity contribution >= 4 is 22.6 Å². The van der Waals surface area contributed by atoms with Gasteiger partial charge in [0, 0.05) is 22.2 Å². The number of rotatable bonds is 5. The first-order chi connectivity index (χ1) is 14.1. The molecule has 0 radical (unpaired) electrons. The Morgan fingerprint density at radius 3 is 2.55 bits per heavy atom. The highest BCUT2D eigenvalue weighted by Gasteiger charge is 2.17. The van der Waals surface area contributed by atoms with Crippen LogP contribution < -0.4 is 14.9 Å². The van der Waals surface area contributed by atoms with E-state index in [1.807, 2.05) is 48.5 Å². The summed E-state index contributed by atoms with van der Waals surface area (Å²) in [5.41, 5.74) is 2.47. The molecule has 0 spiro atoms. The predicted octanol–water partition coefficient (Wildman–Crippen LogP) is 6.01. The van der Waals surface area contributed by atoms with Crippen LogP contribution >= 0.6 is 11.6 Å². The van der Waals surface area contributed by atoms with Crippen molar-refractivity contribution in [2.45, 2.75) is 13.5 Å². The topological polar surface area (TPSA) is 48.7 Å². The van der Waals surface area contributed by atoms with E-state index in [0.717, 1.165) is 5.56 Å². The van der Waals surface area contributed by atoms with Crippen LogP contribution in [0.1, 0.15) is 11.3 Å². The zero-order valence-corrected chi connectivity index (χ0v) is 16.8. The van der Waals surface area contributed by atoms with Crippen LogP contribution in [0.15, 0.2) is 75.9 Å². The molecule has 4 rings (SSSR count). The van der Waals surface area contributed by atoms with Gasteiger partial charge in [0.15, 0.2) is 0 Å². The van der Waals surface area contributed by atoms with Crippen molar-refractivity contribution < 1.29 is 13.9 Å². The van der Waals surface area contributed by atoms with Crippen LogP contribution in [0.5, 0.6) is 11.5 Å². The number of methoxy groups -OCH3 is 1. The Balaban J connectivity index is 1.72. The Morgan fingerprint density at radius 1 is 1.00 bits per heavy atom. The van der Waals surface area contributed by atoms with Crippen LogP contribution in [-0.2, 0) is 6.61 Å². The third-order valence-electron chi connectivity index (χ3n) is 4.77. The summed E-state index contributed by atoms with van der Waals surface area (Å²) in [6.07, 6.45) is 0. The summed E-state index contributed by atoms with van der Waals surface area (Å²) in [6, 6.07) is 20.1. The summed E-state index contributed by atoms with van der Waals surface area (Å²) in [7, 11) is 1.58. The van der Waals surface area contributed by atoms with Gasteiger partial charge in [-0.25, -0.2) is 0 Å². The highest BCUT2D eigenvalue weighted by atomic mass is 35.5. The van der Waals surface area contributed by atoms with Gasteiger partial charge in [-0.2, -0.15) is 0 Å². The lowest BCUT2D eigenvalue weighted by atomic mass is 10.0.